The summed E-state index contributed by atoms with van der Waals surface area (Å²) in [5.41, 5.74) is 5.49. The number of nitro benzene ring substituents is 2. The van der Waals surface area contributed by atoms with Crippen molar-refractivity contribution in [1.29, 1.82) is 0 Å². The predicted molar refractivity (Wildman–Crippen MR) is 131 cm³/mol. The van der Waals surface area contributed by atoms with E-state index in [2.05, 4.69) is 21.3 Å². The molecule has 2 N–H and O–H groups in total. The molecule has 4 rings (SSSR count). The highest BCUT2D eigenvalue weighted by atomic mass is 32.2. The molecule has 1 aliphatic heterocycles. The van der Waals surface area contributed by atoms with Gasteiger partial charge in [0.25, 0.3) is 5.69 Å². The number of nitrogens with one attached hydrogen (secondary N) is 2. The predicted octanol–water partition coefficient (Wildman–Crippen LogP) is 3.98. The highest BCUT2D eigenvalue weighted by Crippen LogP contribution is 2.35. The minimum absolute atomic E-state index is 0.125. The Balaban J connectivity index is 1.60. The van der Waals surface area contributed by atoms with Crippen LogP contribution in [0.5, 0.6) is 5.75 Å². The second kappa shape index (κ2) is 10.3. The van der Waals surface area contributed by atoms with Gasteiger partial charge in [-0.3, -0.25) is 20.2 Å². The molecule has 2 aromatic carbocycles. The number of hydrogen-bond acceptors (Lipinski definition) is 8. The van der Waals surface area contributed by atoms with Crippen LogP contribution in [0.4, 0.5) is 17.1 Å². The third-order valence-corrected chi connectivity index (χ3v) is 7.01. The monoisotopic (exact) mass is 495 g/mol. The van der Waals surface area contributed by atoms with Crippen LogP contribution in [-0.4, -0.2) is 17.0 Å². The number of methoxy groups -OCH3 is 1. The van der Waals surface area contributed by atoms with Crippen LogP contribution in [0.2, 0.25) is 0 Å². The largest absolute Gasteiger partial charge is 0.497 e. The van der Waals surface area contributed by atoms with Gasteiger partial charge < -0.3 is 4.74 Å². The molecule has 0 spiro atoms. The minimum atomic E-state index is -0.667. The van der Waals surface area contributed by atoms with Crippen molar-refractivity contribution in [2.24, 2.45) is 0 Å². The average molecular weight is 496 g/mol. The lowest BCUT2D eigenvalue weighted by atomic mass is 10.1. The zero-order valence-electron chi connectivity index (χ0n) is 17.9. The first-order valence-corrected chi connectivity index (χ1v) is 11.9. The van der Waals surface area contributed by atoms with E-state index in [0.717, 1.165) is 33.6 Å². The summed E-state index contributed by atoms with van der Waals surface area (Å²) in [5.74, 6) is 1.61. The first-order chi connectivity index (χ1) is 16.4. The summed E-state index contributed by atoms with van der Waals surface area (Å²) in [4.78, 5) is 22.1. The molecule has 0 bridgehead atoms. The van der Waals surface area contributed by atoms with Gasteiger partial charge >= 0.3 is 5.69 Å². The number of rotatable bonds is 8. The number of nitro groups is 2. The number of non-ortho nitro benzene ring substituents is 1. The van der Waals surface area contributed by atoms with E-state index in [9.17, 15) is 20.2 Å². The van der Waals surface area contributed by atoms with E-state index in [1.54, 1.807) is 30.2 Å². The number of fused-ring (bicyclic) bond motifs is 1. The fourth-order valence-corrected chi connectivity index (χ4v) is 5.16. The molecular weight excluding hydrogens is 476 g/mol. The van der Waals surface area contributed by atoms with E-state index >= 15 is 0 Å². The van der Waals surface area contributed by atoms with Gasteiger partial charge in [0.15, 0.2) is 5.69 Å². The van der Waals surface area contributed by atoms with Gasteiger partial charge in [0.2, 0.25) is 5.36 Å². The van der Waals surface area contributed by atoms with Gasteiger partial charge in [0.1, 0.15) is 5.75 Å². The second-order valence-electron chi connectivity index (χ2n) is 7.14. The Morgan fingerprint density at radius 1 is 1.00 bits per heavy atom. The molecule has 0 atom stereocenters. The Morgan fingerprint density at radius 3 is 2.50 bits per heavy atom. The summed E-state index contributed by atoms with van der Waals surface area (Å²) in [6, 6.07) is 17.2. The molecule has 0 aromatic heterocycles. The van der Waals surface area contributed by atoms with Crippen molar-refractivity contribution in [2.75, 3.05) is 12.5 Å². The van der Waals surface area contributed by atoms with E-state index in [4.69, 9.17) is 4.74 Å². The number of hydrogen-bond donors (Lipinski definition) is 2. The topological polar surface area (TPSA) is 122 Å². The zero-order chi connectivity index (χ0) is 24.1. The molecule has 0 unspecified atom stereocenters. The maximum absolute atomic E-state index is 11.4. The number of ether oxygens (including phenoxy) is 1. The van der Waals surface area contributed by atoms with Gasteiger partial charge in [-0.15, -0.1) is 16.9 Å². The molecule has 0 saturated carbocycles. The Bertz CT molecular complexity index is 1390. The number of anilines is 1. The maximum atomic E-state index is 11.4. The molecule has 1 heterocycles. The number of thioether (sulfide) groups is 1. The van der Waals surface area contributed by atoms with Crippen LogP contribution in [0.1, 0.15) is 5.56 Å². The van der Waals surface area contributed by atoms with Gasteiger partial charge in [0, 0.05) is 39.8 Å². The minimum Gasteiger partial charge on any atom is -0.497 e. The quantitative estimate of drug-likeness (QED) is 0.215. The zero-order valence-corrected chi connectivity index (χ0v) is 19.5. The van der Waals surface area contributed by atoms with Gasteiger partial charge in [0.05, 0.1) is 23.0 Å². The lowest BCUT2D eigenvalue weighted by Gasteiger charge is -2.10. The van der Waals surface area contributed by atoms with Crippen LogP contribution < -0.4 is 20.6 Å². The van der Waals surface area contributed by atoms with Crippen LogP contribution in [0.25, 0.3) is 11.1 Å². The molecule has 11 heteroatoms. The molecule has 0 fully saturated rings. The third kappa shape index (κ3) is 5.33. The molecular formula is C23H19N4O5S2+. The number of nitrogens with zero attached hydrogens (tertiary/aromatic N) is 2. The van der Waals surface area contributed by atoms with Crippen LogP contribution in [-0.2, 0) is 5.75 Å². The molecule has 172 valence electrons. The highest BCUT2D eigenvalue weighted by molar-refractivity contribution is 7.98. The first-order valence-electron chi connectivity index (χ1n) is 9.98. The number of hydrazine groups is 1. The Morgan fingerprint density at radius 2 is 1.79 bits per heavy atom. The van der Waals surface area contributed by atoms with Crippen molar-refractivity contribution in [3.63, 3.8) is 0 Å². The Labute approximate surface area is 202 Å². The van der Waals surface area contributed by atoms with Crippen molar-refractivity contribution in [3.05, 3.63) is 103 Å². The summed E-state index contributed by atoms with van der Waals surface area (Å²) in [7, 11) is 1.64. The standard InChI is InChI=1S/C23H18N4O5S2/c1-32-19-7-2-15(3-8-19)12-34-23-14-33-13-16-4-5-17(10-20(16)23)24-25-21-9-6-18(26(28)29)11-22(21)27(30)31/h2-11,13-14,25H,12H2,1H3/p+1/b24-17+. The molecule has 34 heavy (non-hydrogen) atoms. The summed E-state index contributed by atoms with van der Waals surface area (Å²) in [6.45, 7) is 0. The van der Waals surface area contributed by atoms with Crippen molar-refractivity contribution < 1.29 is 19.7 Å². The van der Waals surface area contributed by atoms with Crippen LogP contribution in [0.3, 0.4) is 0 Å². The van der Waals surface area contributed by atoms with Crippen LogP contribution in [0.15, 0.2) is 76.3 Å². The lowest BCUT2D eigenvalue weighted by molar-refractivity contribution is -0.466. The maximum Gasteiger partial charge on any atom is 0.304 e. The average Bonchev–Trinajstić information content (AvgIpc) is 2.86. The molecule has 0 amide bonds. The van der Waals surface area contributed by atoms with E-state index in [1.165, 1.54) is 17.7 Å². The van der Waals surface area contributed by atoms with E-state index < -0.39 is 9.85 Å². The first kappa shape index (κ1) is 23.2. The fourth-order valence-electron chi connectivity index (χ4n) is 3.21. The van der Waals surface area contributed by atoms with E-state index in [0.29, 0.717) is 5.36 Å². The summed E-state index contributed by atoms with van der Waals surface area (Å²) >= 11 is 3.34. The smallest absolute Gasteiger partial charge is 0.304 e. The summed E-state index contributed by atoms with van der Waals surface area (Å²) in [6.07, 6.45) is 0. The molecule has 1 aliphatic carbocycles. The van der Waals surface area contributed by atoms with E-state index in [-0.39, 0.29) is 17.1 Å². The van der Waals surface area contributed by atoms with Crippen molar-refractivity contribution in [2.45, 2.75) is 10.6 Å². The lowest BCUT2D eigenvalue weighted by Crippen LogP contribution is -2.81. The SMILES string of the molecule is COc1ccc(CSc2cscc3cc/c(=[NH+]\Nc4ccc([N+](=O)[O-])cc4[N+](=O)[O-])cc2-3)cc1. The normalized spacial score (nSPS) is 11.4. The fraction of sp³-hybridized carbons (Fsp3) is 0.0870. The molecule has 0 saturated heterocycles. The summed E-state index contributed by atoms with van der Waals surface area (Å²) in [5, 5.41) is 30.1. The number of benzene rings is 3. The van der Waals surface area contributed by atoms with Crippen molar-refractivity contribution in [1.82, 2.24) is 0 Å². The van der Waals surface area contributed by atoms with Crippen LogP contribution >= 0.6 is 23.1 Å². The van der Waals surface area contributed by atoms with Gasteiger partial charge in [-0.25, -0.2) is 0 Å². The highest BCUT2D eigenvalue weighted by Gasteiger charge is 2.20. The van der Waals surface area contributed by atoms with Gasteiger partial charge in [-0.05, 0) is 40.8 Å². The Hall–Kier alpha value is -3.96. The second-order valence-corrected chi connectivity index (χ2v) is 8.90. The van der Waals surface area contributed by atoms with Crippen molar-refractivity contribution in [3.8, 4) is 16.9 Å². The molecule has 0 radical (unpaired) electrons. The third-order valence-electron chi connectivity index (χ3n) is 4.97. The van der Waals surface area contributed by atoms with Crippen LogP contribution in [0, 0.1) is 20.2 Å². The molecule has 2 aliphatic rings. The molecule has 9 nitrogen and oxygen atoms in total. The Kier molecular flexibility index (Phi) is 7.04. The van der Waals surface area contributed by atoms with E-state index in [1.807, 2.05) is 42.5 Å². The van der Waals surface area contributed by atoms with Crippen molar-refractivity contribution >= 4 is 40.2 Å². The van der Waals surface area contributed by atoms with Gasteiger partial charge in [-0.1, -0.05) is 12.1 Å². The summed E-state index contributed by atoms with van der Waals surface area (Å²) < 4.78 is 5.21. The van der Waals surface area contributed by atoms with Gasteiger partial charge in [-0.2, -0.15) is 16.8 Å². The molecule has 2 aromatic rings.